The molecule has 1 aromatic rings. The molecule has 0 aliphatic carbocycles. The van der Waals surface area contributed by atoms with Gasteiger partial charge < -0.3 is 15.0 Å². The van der Waals surface area contributed by atoms with E-state index in [1.54, 1.807) is 0 Å². The topological polar surface area (TPSA) is 41.6 Å². The second kappa shape index (κ2) is 7.29. The van der Waals surface area contributed by atoms with Crippen LogP contribution in [-0.2, 0) is 10.2 Å². The van der Waals surface area contributed by atoms with Gasteiger partial charge in [0.1, 0.15) is 5.75 Å². The summed E-state index contributed by atoms with van der Waals surface area (Å²) in [5.74, 6) is 0.646. The van der Waals surface area contributed by atoms with E-state index < -0.39 is 0 Å². The van der Waals surface area contributed by atoms with Gasteiger partial charge in [-0.05, 0) is 37.2 Å². The Hall–Kier alpha value is -1.55. The lowest BCUT2D eigenvalue weighted by Crippen LogP contribution is -2.34. The summed E-state index contributed by atoms with van der Waals surface area (Å²) in [5, 5.41) is 2.82. The van der Waals surface area contributed by atoms with Gasteiger partial charge in [0.25, 0.3) is 5.91 Å². The summed E-state index contributed by atoms with van der Waals surface area (Å²) in [4.78, 5) is 13.6. The molecule has 0 saturated carbocycles. The standard InChI is InChI=1S/C16H26N2O2/c1-16(2,3)13-7-6-8-14(11-13)20-12-15(19)17-9-10-18(4)5/h6-8,11H,9-10,12H2,1-5H3,(H,17,19). The van der Waals surface area contributed by atoms with E-state index in [9.17, 15) is 4.79 Å². The fourth-order valence-corrected chi connectivity index (χ4v) is 1.67. The second-order valence-corrected chi connectivity index (χ2v) is 6.22. The van der Waals surface area contributed by atoms with Crippen molar-refractivity contribution in [1.82, 2.24) is 10.2 Å². The fourth-order valence-electron chi connectivity index (χ4n) is 1.67. The van der Waals surface area contributed by atoms with Crippen LogP contribution in [0, 0.1) is 0 Å². The van der Waals surface area contributed by atoms with Gasteiger partial charge in [-0.25, -0.2) is 0 Å². The van der Waals surface area contributed by atoms with E-state index in [1.165, 1.54) is 5.56 Å². The van der Waals surface area contributed by atoms with Crippen LogP contribution < -0.4 is 10.1 Å². The Morgan fingerprint density at radius 2 is 2.00 bits per heavy atom. The van der Waals surface area contributed by atoms with Crippen molar-refractivity contribution in [2.24, 2.45) is 0 Å². The Bertz CT molecular complexity index is 436. The summed E-state index contributed by atoms with van der Waals surface area (Å²) in [5.41, 5.74) is 1.27. The number of hydrogen-bond donors (Lipinski definition) is 1. The molecule has 1 amide bonds. The molecule has 4 heteroatoms. The maximum atomic E-state index is 11.6. The zero-order chi connectivity index (χ0) is 15.2. The highest BCUT2D eigenvalue weighted by Crippen LogP contribution is 2.25. The number of likely N-dealkylation sites (N-methyl/N-ethyl adjacent to an activating group) is 1. The van der Waals surface area contributed by atoms with E-state index in [2.05, 4.69) is 32.2 Å². The molecule has 0 fully saturated rings. The Balaban J connectivity index is 2.44. The molecule has 0 saturated heterocycles. The summed E-state index contributed by atoms with van der Waals surface area (Å²) in [6.07, 6.45) is 0. The SMILES string of the molecule is CN(C)CCNC(=O)COc1cccc(C(C)(C)C)c1. The molecule has 0 radical (unpaired) electrons. The average molecular weight is 278 g/mol. The van der Waals surface area contributed by atoms with Gasteiger partial charge >= 0.3 is 0 Å². The molecule has 0 spiro atoms. The summed E-state index contributed by atoms with van der Waals surface area (Å²) in [7, 11) is 3.95. The lowest BCUT2D eigenvalue weighted by molar-refractivity contribution is -0.123. The molecular formula is C16H26N2O2. The quantitative estimate of drug-likeness (QED) is 0.866. The predicted molar refractivity (Wildman–Crippen MR) is 82.2 cm³/mol. The fraction of sp³-hybridized carbons (Fsp3) is 0.562. The molecule has 0 aliphatic rings. The number of nitrogens with zero attached hydrogens (tertiary/aromatic N) is 1. The smallest absolute Gasteiger partial charge is 0.257 e. The number of benzene rings is 1. The van der Waals surface area contributed by atoms with Crippen molar-refractivity contribution >= 4 is 5.91 Å². The van der Waals surface area contributed by atoms with Crippen molar-refractivity contribution in [3.8, 4) is 5.75 Å². The summed E-state index contributed by atoms with van der Waals surface area (Å²) >= 11 is 0. The number of nitrogens with one attached hydrogen (secondary N) is 1. The van der Waals surface area contributed by atoms with E-state index in [1.807, 2.05) is 37.2 Å². The van der Waals surface area contributed by atoms with E-state index in [4.69, 9.17) is 4.74 Å². The lowest BCUT2D eigenvalue weighted by atomic mass is 9.87. The average Bonchev–Trinajstić information content (AvgIpc) is 2.35. The zero-order valence-electron chi connectivity index (χ0n) is 13.2. The number of carbonyl (C=O) groups excluding carboxylic acids is 1. The van der Waals surface area contributed by atoms with Gasteiger partial charge in [-0.3, -0.25) is 4.79 Å². The second-order valence-electron chi connectivity index (χ2n) is 6.22. The largest absolute Gasteiger partial charge is 0.484 e. The summed E-state index contributed by atoms with van der Waals surface area (Å²) in [6.45, 7) is 7.98. The molecule has 0 aromatic heterocycles. The molecule has 0 atom stereocenters. The first-order valence-corrected chi connectivity index (χ1v) is 6.94. The van der Waals surface area contributed by atoms with Crippen LogP contribution in [0.15, 0.2) is 24.3 Å². The molecule has 0 bridgehead atoms. The van der Waals surface area contributed by atoms with Gasteiger partial charge in [0, 0.05) is 13.1 Å². The first-order chi connectivity index (χ1) is 9.29. The Morgan fingerprint density at radius 1 is 1.30 bits per heavy atom. The van der Waals surface area contributed by atoms with E-state index >= 15 is 0 Å². The highest BCUT2D eigenvalue weighted by atomic mass is 16.5. The highest BCUT2D eigenvalue weighted by Gasteiger charge is 2.14. The van der Waals surface area contributed by atoms with Gasteiger partial charge in [-0.2, -0.15) is 0 Å². The van der Waals surface area contributed by atoms with Crippen LogP contribution in [-0.4, -0.2) is 44.6 Å². The molecule has 112 valence electrons. The van der Waals surface area contributed by atoms with Crippen LogP contribution in [0.25, 0.3) is 0 Å². The number of ether oxygens (including phenoxy) is 1. The number of amides is 1. The van der Waals surface area contributed by atoms with Crippen molar-refractivity contribution in [2.45, 2.75) is 26.2 Å². The minimum atomic E-state index is -0.0898. The molecule has 0 unspecified atom stereocenters. The van der Waals surface area contributed by atoms with Crippen LogP contribution in [0.1, 0.15) is 26.3 Å². The third kappa shape index (κ3) is 6.06. The number of carbonyl (C=O) groups is 1. The molecule has 1 aromatic carbocycles. The highest BCUT2D eigenvalue weighted by molar-refractivity contribution is 5.77. The summed E-state index contributed by atoms with van der Waals surface area (Å²) < 4.78 is 5.54. The number of hydrogen-bond acceptors (Lipinski definition) is 3. The first kappa shape index (κ1) is 16.5. The molecule has 1 N–H and O–H groups in total. The maximum absolute atomic E-state index is 11.6. The summed E-state index contributed by atoms with van der Waals surface area (Å²) in [6, 6.07) is 7.90. The van der Waals surface area contributed by atoms with Crippen molar-refractivity contribution < 1.29 is 9.53 Å². The molecule has 20 heavy (non-hydrogen) atoms. The minimum Gasteiger partial charge on any atom is -0.484 e. The van der Waals surface area contributed by atoms with Gasteiger partial charge in [-0.1, -0.05) is 32.9 Å². The van der Waals surface area contributed by atoms with E-state index in [0.717, 1.165) is 12.3 Å². The van der Waals surface area contributed by atoms with Crippen LogP contribution >= 0.6 is 0 Å². The van der Waals surface area contributed by atoms with Crippen molar-refractivity contribution in [1.29, 1.82) is 0 Å². The monoisotopic (exact) mass is 278 g/mol. The van der Waals surface area contributed by atoms with Crippen LogP contribution in [0.3, 0.4) is 0 Å². The van der Waals surface area contributed by atoms with Crippen LogP contribution in [0.5, 0.6) is 5.75 Å². The number of rotatable bonds is 6. The minimum absolute atomic E-state index is 0.0566. The van der Waals surface area contributed by atoms with Gasteiger partial charge in [-0.15, -0.1) is 0 Å². The van der Waals surface area contributed by atoms with Crippen molar-refractivity contribution in [3.63, 3.8) is 0 Å². The van der Waals surface area contributed by atoms with Gasteiger partial charge in [0.05, 0.1) is 0 Å². The van der Waals surface area contributed by atoms with E-state index in [-0.39, 0.29) is 17.9 Å². The Labute approximate surface area is 122 Å². The predicted octanol–water partition coefficient (Wildman–Crippen LogP) is 2.04. The molecular weight excluding hydrogens is 252 g/mol. The van der Waals surface area contributed by atoms with Gasteiger partial charge in [0.15, 0.2) is 6.61 Å². The molecule has 0 heterocycles. The third-order valence-electron chi connectivity index (χ3n) is 2.95. The molecule has 4 nitrogen and oxygen atoms in total. The van der Waals surface area contributed by atoms with Crippen molar-refractivity contribution in [2.75, 3.05) is 33.8 Å². The third-order valence-corrected chi connectivity index (χ3v) is 2.95. The molecule has 0 aliphatic heterocycles. The first-order valence-electron chi connectivity index (χ1n) is 6.94. The van der Waals surface area contributed by atoms with Crippen LogP contribution in [0.4, 0.5) is 0 Å². The normalized spacial score (nSPS) is 11.5. The maximum Gasteiger partial charge on any atom is 0.257 e. The van der Waals surface area contributed by atoms with Crippen LogP contribution in [0.2, 0.25) is 0 Å². The van der Waals surface area contributed by atoms with E-state index in [0.29, 0.717) is 6.54 Å². The van der Waals surface area contributed by atoms with Gasteiger partial charge in [0.2, 0.25) is 0 Å². The lowest BCUT2D eigenvalue weighted by Gasteiger charge is -2.19. The Morgan fingerprint density at radius 3 is 2.60 bits per heavy atom. The Kier molecular flexibility index (Phi) is 6.02. The zero-order valence-corrected chi connectivity index (χ0v) is 13.2. The van der Waals surface area contributed by atoms with Crippen molar-refractivity contribution in [3.05, 3.63) is 29.8 Å². The molecule has 1 rings (SSSR count).